The molecule has 2 heterocycles. The van der Waals surface area contributed by atoms with E-state index >= 15 is 0 Å². The Morgan fingerprint density at radius 1 is 1.00 bits per heavy atom. The number of benzene rings is 2. The molecule has 1 N–H and O–H groups in total. The lowest BCUT2D eigenvalue weighted by atomic mass is 9.95. The number of nitrogens with one attached hydrogen (secondary N) is 1. The summed E-state index contributed by atoms with van der Waals surface area (Å²) in [5.74, 6) is -0.659. The quantitative estimate of drug-likeness (QED) is 0.652. The summed E-state index contributed by atoms with van der Waals surface area (Å²) < 4.78 is 32.0. The zero-order valence-corrected chi connectivity index (χ0v) is 20.1. The number of halogens is 2. The lowest BCUT2D eigenvalue weighted by Gasteiger charge is -2.35. The molecule has 188 valence electrons. The van der Waals surface area contributed by atoms with Crippen LogP contribution < -0.4 is 10.1 Å². The van der Waals surface area contributed by atoms with Crippen molar-refractivity contribution in [2.45, 2.75) is 44.7 Å². The van der Waals surface area contributed by atoms with Crippen LogP contribution in [-0.2, 0) is 22.6 Å². The average Bonchev–Trinajstić information content (AvgIpc) is 2.87. The number of ether oxygens (including phenoxy) is 1. The van der Waals surface area contributed by atoms with Gasteiger partial charge in [-0.25, -0.2) is 8.78 Å². The van der Waals surface area contributed by atoms with E-state index in [4.69, 9.17) is 4.74 Å². The van der Waals surface area contributed by atoms with Crippen molar-refractivity contribution >= 4 is 11.8 Å². The molecular formula is C27H33F2N3O3. The van der Waals surface area contributed by atoms with Gasteiger partial charge in [-0.3, -0.25) is 14.5 Å². The Kier molecular flexibility index (Phi) is 8.33. The first-order valence-electron chi connectivity index (χ1n) is 12.3. The minimum Gasteiger partial charge on any atom is -0.494 e. The molecule has 2 saturated heterocycles. The summed E-state index contributed by atoms with van der Waals surface area (Å²) in [5, 5.41) is 3.19. The van der Waals surface area contributed by atoms with Gasteiger partial charge >= 0.3 is 0 Å². The van der Waals surface area contributed by atoms with E-state index in [0.29, 0.717) is 19.6 Å². The van der Waals surface area contributed by atoms with Crippen LogP contribution in [0.4, 0.5) is 8.78 Å². The fraction of sp³-hybridized carbons (Fsp3) is 0.481. The summed E-state index contributed by atoms with van der Waals surface area (Å²) in [6.45, 7) is 3.38. The molecule has 0 radical (unpaired) electrons. The van der Waals surface area contributed by atoms with E-state index in [1.165, 1.54) is 25.3 Å². The average molecular weight is 486 g/mol. The van der Waals surface area contributed by atoms with Gasteiger partial charge in [-0.2, -0.15) is 0 Å². The number of carbonyl (C=O) groups excluding carboxylic acids is 2. The Labute approximate surface area is 205 Å². The Morgan fingerprint density at radius 2 is 1.71 bits per heavy atom. The van der Waals surface area contributed by atoms with Crippen LogP contribution in [0.2, 0.25) is 0 Å². The van der Waals surface area contributed by atoms with E-state index < -0.39 is 0 Å². The van der Waals surface area contributed by atoms with Crippen LogP contribution in [0.25, 0.3) is 0 Å². The van der Waals surface area contributed by atoms with Gasteiger partial charge < -0.3 is 15.0 Å². The molecule has 1 atom stereocenters. The molecular weight excluding hydrogens is 452 g/mol. The van der Waals surface area contributed by atoms with Gasteiger partial charge in [0.15, 0.2) is 11.6 Å². The Bertz CT molecular complexity index is 1020. The standard InChI is InChI=1S/C27H33F2N3O3/c1-35-25-9-6-20(15-24(25)29)17-31-13-10-23(11-14-31)30-27(34)21-3-2-12-32(18-21)26(33)16-19-4-7-22(28)8-5-19/h4-9,15,21,23H,2-3,10-14,16-18H2,1H3,(H,30,34). The van der Waals surface area contributed by atoms with Gasteiger partial charge in [0.05, 0.1) is 19.4 Å². The first kappa shape index (κ1) is 25.1. The number of carbonyl (C=O) groups is 2. The summed E-state index contributed by atoms with van der Waals surface area (Å²) in [4.78, 5) is 29.7. The fourth-order valence-electron chi connectivity index (χ4n) is 4.93. The number of hydrogen-bond donors (Lipinski definition) is 1. The van der Waals surface area contributed by atoms with Crippen LogP contribution in [0.5, 0.6) is 5.75 Å². The molecule has 35 heavy (non-hydrogen) atoms. The SMILES string of the molecule is COc1ccc(CN2CCC(NC(=O)C3CCCN(C(=O)Cc4ccc(F)cc4)C3)CC2)cc1F. The van der Waals surface area contributed by atoms with E-state index in [1.54, 1.807) is 23.1 Å². The van der Waals surface area contributed by atoms with Gasteiger partial charge in [0, 0.05) is 38.8 Å². The smallest absolute Gasteiger partial charge is 0.227 e. The number of piperidine rings is 2. The minimum absolute atomic E-state index is 0.0138. The van der Waals surface area contributed by atoms with E-state index in [0.717, 1.165) is 49.9 Å². The maximum Gasteiger partial charge on any atom is 0.227 e. The van der Waals surface area contributed by atoms with Gasteiger partial charge in [0.1, 0.15) is 5.82 Å². The lowest BCUT2D eigenvalue weighted by Crippen LogP contribution is -2.50. The Hall–Kier alpha value is -3.00. The number of nitrogens with zero attached hydrogens (tertiary/aromatic N) is 2. The molecule has 1 unspecified atom stereocenters. The normalized spacial score (nSPS) is 19.4. The van der Waals surface area contributed by atoms with Crippen LogP contribution in [0.3, 0.4) is 0 Å². The van der Waals surface area contributed by atoms with Gasteiger partial charge in [0.2, 0.25) is 11.8 Å². The van der Waals surface area contributed by atoms with E-state index in [1.807, 2.05) is 6.07 Å². The van der Waals surface area contributed by atoms with E-state index in [9.17, 15) is 18.4 Å². The molecule has 8 heteroatoms. The van der Waals surface area contributed by atoms with Crippen molar-refractivity contribution in [3.8, 4) is 5.75 Å². The summed E-state index contributed by atoms with van der Waals surface area (Å²) in [7, 11) is 1.45. The van der Waals surface area contributed by atoms with Crippen molar-refractivity contribution in [3.05, 3.63) is 65.2 Å². The highest BCUT2D eigenvalue weighted by Gasteiger charge is 2.30. The first-order valence-corrected chi connectivity index (χ1v) is 12.3. The number of hydrogen-bond acceptors (Lipinski definition) is 4. The molecule has 2 aromatic rings. The molecule has 0 saturated carbocycles. The van der Waals surface area contributed by atoms with Crippen molar-refractivity contribution in [3.63, 3.8) is 0 Å². The second kappa shape index (κ2) is 11.6. The first-order chi connectivity index (χ1) is 16.9. The zero-order chi connectivity index (χ0) is 24.8. The number of methoxy groups -OCH3 is 1. The van der Waals surface area contributed by atoms with E-state index in [2.05, 4.69) is 10.2 Å². The van der Waals surface area contributed by atoms with Gasteiger partial charge in [-0.15, -0.1) is 0 Å². The van der Waals surface area contributed by atoms with Crippen LogP contribution in [0.1, 0.15) is 36.8 Å². The maximum absolute atomic E-state index is 14.0. The summed E-state index contributed by atoms with van der Waals surface area (Å²) in [6.07, 6.45) is 3.46. The highest BCUT2D eigenvalue weighted by molar-refractivity contribution is 5.82. The third-order valence-electron chi connectivity index (χ3n) is 6.97. The highest BCUT2D eigenvalue weighted by Crippen LogP contribution is 2.22. The third kappa shape index (κ3) is 6.78. The molecule has 0 bridgehead atoms. The summed E-state index contributed by atoms with van der Waals surface area (Å²) in [5.41, 5.74) is 1.67. The summed E-state index contributed by atoms with van der Waals surface area (Å²) >= 11 is 0. The van der Waals surface area contributed by atoms with Crippen molar-refractivity contribution in [2.24, 2.45) is 5.92 Å². The molecule has 4 rings (SSSR count). The fourth-order valence-corrected chi connectivity index (χ4v) is 4.93. The zero-order valence-electron chi connectivity index (χ0n) is 20.1. The predicted molar refractivity (Wildman–Crippen MR) is 129 cm³/mol. The molecule has 2 fully saturated rings. The largest absolute Gasteiger partial charge is 0.494 e. The summed E-state index contributed by atoms with van der Waals surface area (Å²) in [6, 6.07) is 11.1. The van der Waals surface area contributed by atoms with E-state index in [-0.39, 0.29) is 47.6 Å². The van der Waals surface area contributed by atoms with Crippen LogP contribution in [-0.4, -0.2) is 60.9 Å². The van der Waals surface area contributed by atoms with Crippen molar-refractivity contribution in [1.82, 2.24) is 15.1 Å². The van der Waals surface area contributed by atoms with Gasteiger partial charge in [0.25, 0.3) is 0 Å². The Morgan fingerprint density at radius 3 is 2.40 bits per heavy atom. The number of amides is 2. The van der Waals surface area contributed by atoms with Gasteiger partial charge in [-0.05, 0) is 61.1 Å². The van der Waals surface area contributed by atoms with Crippen LogP contribution in [0.15, 0.2) is 42.5 Å². The molecule has 6 nitrogen and oxygen atoms in total. The molecule has 2 amide bonds. The molecule has 0 aromatic heterocycles. The van der Waals surface area contributed by atoms with Crippen LogP contribution >= 0.6 is 0 Å². The monoisotopic (exact) mass is 485 g/mol. The van der Waals surface area contributed by atoms with Crippen molar-refractivity contribution < 1.29 is 23.1 Å². The highest BCUT2D eigenvalue weighted by atomic mass is 19.1. The van der Waals surface area contributed by atoms with Gasteiger partial charge in [-0.1, -0.05) is 18.2 Å². The molecule has 0 aliphatic carbocycles. The van der Waals surface area contributed by atoms with Crippen molar-refractivity contribution in [2.75, 3.05) is 33.3 Å². The molecule has 2 aliphatic rings. The van der Waals surface area contributed by atoms with Crippen LogP contribution in [0, 0.1) is 17.6 Å². The molecule has 2 aliphatic heterocycles. The second-order valence-corrected chi connectivity index (χ2v) is 9.51. The maximum atomic E-state index is 14.0. The van der Waals surface area contributed by atoms with Crippen molar-refractivity contribution in [1.29, 1.82) is 0 Å². The number of likely N-dealkylation sites (tertiary alicyclic amines) is 2. The number of rotatable bonds is 7. The minimum atomic E-state index is -0.357. The molecule has 2 aromatic carbocycles. The topological polar surface area (TPSA) is 61.9 Å². The predicted octanol–water partition coefficient (Wildman–Crippen LogP) is 3.54. The lowest BCUT2D eigenvalue weighted by molar-refractivity contribution is -0.135. The molecule has 0 spiro atoms. The Balaban J connectivity index is 1.22. The third-order valence-corrected chi connectivity index (χ3v) is 6.97. The second-order valence-electron chi connectivity index (χ2n) is 9.51.